The Kier molecular flexibility index (Phi) is 13.0. The number of hydrogen-bond donors (Lipinski definition) is 0. The molecule has 13 nitrogen and oxygen atoms in total. The highest BCUT2D eigenvalue weighted by Crippen LogP contribution is 2.50. The lowest BCUT2D eigenvalue weighted by molar-refractivity contribution is -0.0441. The van der Waals surface area contributed by atoms with Gasteiger partial charge in [0.05, 0.1) is 12.6 Å². The van der Waals surface area contributed by atoms with Gasteiger partial charge in [-0.3, -0.25) is 4.52 Å². The quantitative estimate of drug-likeness (QED) is 0.0699. The predicted octanol–water partition coefficient (Wildman–Crippen LogP) is 6.49. The van der Waals surface area contributed by atoms with E-state index in [1.165, 1.54) is 0 Å². The van der Waals surface area contributed by atoms with Crippen LogP contribution in [0.25, 0.3) is 10.9 Å². The summed E-state index contributed by atoms with van der Waals surface area (Å²) in [5.74, 6) is 0.683. The van der Waals surface area contributed by atoms with Crippen molar-refractivity contribution in [1.29, 1.82) is 0 Å². The van der Waals surface area contributed by atoms with Crippen LogP contribution in [0.1, 0.15) is 16.7 Å². The lowest BCUT2D eigenvalue weighted by atomic mass is 10.1. The molecular weight excluding hydrogens is 619 g/mol. The highest BCUT2D eigenvalue weighted by Gasteiger charge is 2.29. The first-order chi connectivity index (χ1) is 22.2. The Morgan fingerprint density at radius 1 is 0.761 bits per heavy atom. The van der Waals surface area contributed by atoms with Crippen LogP contribution in [0.5, 0.6) is 5.75 Å². The number of phosphoric acid groups is 1. The Labute approximate surface area is 267 Å². The third kappa shape index (κ3) is 10.9. The highest BCUT2D eigenvalue weighted by atomic mass is 31.2. The van der Waals surface area contributed by atoms with Gasteiger partial charge < -0.3 is 33.2 Å². The third-order valence-electron chi connectivity index (χ3n) is 6.53. The number of likely N-dealkylation sites (N-methyl/N-ethyl adjacent to an activating group) is 1. The molecule has 0 amide bonds. The van der Waals surface area contributed by atoms with Crippen LogP contribution in [-0.4, -0.2) is 63.1 Å². The molecule has 1 aromatic heterocycles. The average Bonchev–Trinajstić information content (AvgIpc) is 3.42. The zero-order valence-electron chi connectivity index (χ0n) is 25.9. The predicted molar refractivity (Wildman–Crippen MR) is 167 cm³/mol. The normalized spacial score (nSPS) is 11.4. The third-order valence-corrected chi connectivity index (χ3v) is 7.80. The number of ether oxygens (including phenoxy) is 5. The summed E-state index contributed by atoms with van der Waals surface area (Å²) in [7, 11) is 1.06. The number of hydrogen-bond acceptors (Lipinski definition) is 12. The number of carbonyl (C=O) groups excluding carboxylic acids is 2. The average molecular weight is 657 g/mol. The van der Waals surface area contributed by atoms with E-state index in [0.29, 0.717) is 5.75 Å². The molecule has 0 radical (unpaired) electrons. The largest absolute Gasteiger partial charge is 0.510 e. The van der Waals surface area contributed by atoms with Crippen LogP contribution in [-0.2, 0) is 63.4 Å². The van der Waals surface area contributed by atoms with Gasteiger partial charge in [0, 0.05) is 18.1 Å². The summed E-state index contributed by atoms with van der Waals surface area (Å²) < 4.78 is 56.7. The minimum absolute atomic E-state index is 0.0368. The van der Waals surface area contributed by atoms with Gasteiger partial charge in [0.25, 0.3) is 0 Å². The molecule has 0 bridgehead atoms. The van der Waals surface area contributed by atoms with Crippen molar-refractivity contribution in [1.82, 2.24) is 9.47 Å². The molecular formula is C32H37N2O11P. The zero-order valence-corrected chi connectivity index (χ0v) is 26.8. The van der Waals surface area contributed by atoms with Crippen LogP contribution in [0.2, 0.25) is 0 Å². The monoisotopic (exact) mass is 656 g/mol. The van der Waals surface area contributed by atoms with Gasteiger partial charge in [-0.15, -0.1) is 0 Å². The molecule has 4 rings (SSSR count). The molecule has 0 spiro atoms. The van der Waals surface area contributed by atoms with Crippen molar-refractivity contribution in [3.05, 3.63) is 102 Å². The SMILES string of the molecule is COc1ccc2c(c1)c(CCN(C)C)cn2COP(=O)(OCOC(=O)OCc1ccccc1)OCOC(=O)OCc1ccccc1. The standard InChI is InChI=1S/C32H37N2O11P/c1-33(2)17-16-27-19-34(30-15-14-28(38-3)18-29(27)30)22-43-46(37,44-23-41-31(35)39-20-25-10-6-4-7-11-25)45-24-42-32(36)40-21-26-12-8-5-9-13-26/h4-15,18-19H,16-17,20-24H2,1-3H3. The van der Waals surface area contributed by atoms with Gasteiger partial charge in [-0.2, -0.15) is 0 Å². The lowest BCUT2D eigenvalue weighted by Crippen LogP contribution is -2.15. The first-order valence-electron chi connectivity index (χ1n) is 14.3. The Morgan fingerprint density at radius 3 is 1.85 bits per heavy atom. The molecule has 0 saturated carbocycles. The van der Waals surface area contributed by atoms with E-state index in [4.69, 9.17) is 37.3 Å². The van der Waals surface area contributed by atoms with Crippen molar-refractivity contribution in [2.24, 2.45) is 0 Å². The molecule has 0 N–H and O–H groups in total. The Morgan fingerprint density at radius 2 is 1.33 bits per heavy atom. The maximum Gasteiger partial charge on any atom is 0.510 e. The number of methoxy groups -OCH3 is 1. The van der Waals surface area contributed by atoms with Crippen LogP contribution >= 0.6 is 7.82 Å². The molecule has 0 aliphatic rings. The molecule has 0 aliphatic heterocycles. The van der Waals surface area contributed by atoms with E-state index in [-0.39, 0.29) is 19.9 Å². The van der Waals surface area contributed by atoms with E-state index in [1.807, 2.05) is 44.6 Å². The summed E-state index contributed by atoms with van der Waals surface area (Å²) in [6.45, 7) is -1.23. The summed E-state index contributed by atoms with van der Waals surface area (Å²) in [5.41, 5.74) is 3.28. The molecule has 3 aromatic carbocycles. The van der Waals surface area contributed by atoms with E-state index >= 15 is 0 Å². The molecule has 46 heavy (non-hydrogen) atoms. The Bertz CT molecular complexity index is 1530. The number of carbonyl (C=O) groups is 2. The highest BCUT2D eigenvalue weighted by molar-refractivity contribution is 7.48. The van der Waals surface area contributed by atoms with Gasteiger partial charge in [-0.05, 0) is 55.4 Å². The fourth-order valence-electron chi connectivity index (χ4n) is 4.17. The second-order valence-electron chi connectivity index (χ2n) is 10.1. The molecule has 14 heteroatoms. The Hall–Kier alpha value is -4.39. The number of benzene rings is 3. The molecule has 0 aliphatic carbocycles. The van der Waals surface area contributed by atoms with Crippen LogP contribution in [0.4, 0.5) is 9.59 Å². The lowest BCUT2D eigenvalue weighted by Gasteiger charge is -2.18. The maximum atomic E-state index is 13.6. The number of phosphoric ester groups is 1. The zero-order chi connectivity index (χ0) is 32.8. The molecule has 1 heterocycles. The van der Waals surface area contributed by atoms with E-state index in [0.717, 1.165) is 40.6 Å². The van der Waals surface area contributed by atoms with E-state index in [9.17, 15) is 14.2 Å². The smallest absolute Gasteiger partial charge is 0.497 e. The Balaban J connectivity index is 1.39. The van der Waals surface area contributed by atoms with Gasteiger partial charge in [0.1, 0.15) is 25.7 Å². The van der Waals surface area contributed by atoms with E-state index < -0.39 is 33.7 Å². The van der Waals surface area contributed by atoms with Crippen molar-refractivity contribution >= 4 is 31.0 Å². The molecule has 0 fully saturated rings. The van der Waals surface area contributed by atoms with Crippen molar-refractivity contribution in [2.75, 3.05) is 41.3 Å². The maximum absolute atomic E-state index is 13.6. The summed E-state index contributed by atoms with van der Waals surface area (Å²) in [6.07, 6.45) is 0.470. The van der Waals surface area contributed by atoms with Gasteiger partial charge >= 0.3 is 20.1 Å². The molecule has 0 saturated heterocycles. The van der Waals surface area contributed by atoms with Gasteiger partial charge in [0.15, 0.2) is 0 Å². The fraction of sp³-hybridized carbons (Fsp3) is 0.312. The van der Waals surface area contributed by atoms with Crippen molar-refractivity contribution in [3.8, 4) is 5.75 Å². The minimum Gasteiger partial charge on any atom is -0.497 e. The minimum atomic E-state index is -4.49. The summed E-state index contributed by atoms with van der Waals surface area (Å²) in [6, 6.07) is 23.5. The van der Waals surface area contributed by atoms with Crippen molar-refractivity contribution in [2.45, 2.75) is 26.4 Å². The second kappa shape index (κ2) is 17.3. The van der Waals surface area contributed by atoms with Gasteiger partial charge in [0.2, 0.25) is 13.6 Å². The summed E-state index contributed by atoms with van der Waals surface area (Å²) in [5, 5.41) is 0.926. The van der Waals surface area contributed by atoms with Crippen molar-refractivity contribution in [3.63, 3.8) is 0 Å². The van der Waals surface area contributed by atoms with E-state index in [2.05, 4.69) is 4.90 Å². The molecule has 0 atom stereocenters. The van der Waals surface area contributed by atoms with Crippen LogP contribution < -0.4 is 4.74 Å². The molecule has 0 unspecified atom stereocenters. The second-order valence-corrected chi connectivity index (χ2v) is 11.8. The summed E-state index contributed by atoms with van der Waals surface area (Å²) >= 11 is 0. The van der Waals surface area contributed by atoms with Gasteiger partial charge in [-0.25, -0.2) is 23.2 Å². The van der Waals surface area contributed by atoms with Crippen LogP contribution in [0, 0.1) is 0 Å². The first-order valence-corrected chi connectivity index (χ1v) is 15.7. The number of rotatable bonds is 17. The molecule has 246 valence electrons. The number of nitrogens with zero attached hydrogens (tertiary/aromatic N) is 2. The van der Waals surface area contributed by atoms with Crippen LogP contribution in [0.15, 0.2) is 85.1 Å². The number of fused-ring (bicyclic) bond motifs is 1. The van der Waals surface area contributed by atoms with Crippen LogP contribution in [0.3, 0.4) is 0 Å². The van der Waals surface area contributed by atoms with E-state index in [1.54, 1.807) is 66.3 Å². The topological polar surface area (TPSA) is 133 Å². The van der Waals surface area contributed by atoms with Gasteiger partial charge in [-0.1, -0.05) is 60.7 Å². The fourth-order valence-corrected chi connectivity index (χ4v) is 5.02. The molecule has 4 aromatic rings. The summed E-state index contributed by atoms with van der Waals surface area (Å²) in [4.78, 5) is 26.2. The van der Waals surface area contributed by atoms with Crippen molar-refractivity contribution < 1.29 is 51.4 Å². The first kappa shape index (κ1) is 34.5. The number of aromatic nitrogens is 1.